The number of hydrogen-bond donors (Lipinski definition) is 0. The minimum Gasteiger partial charge on any atom is -0.321 e. The normalized spacial score (nSPS) is 10.7. The van der Waals surface area contributed by atoms with Crippen LogP contribution in [0.4, 0.5) is 18.9 Å². The summed E-state index contributed by atoms with van der Waals surface area (Å²) in [4.78, 5) is 13.4. The molecular formula is C18H13F3N2O. The highest BCUT2D eigenvalue weighted by Crippen LogP contribution is 2.22. The van der Waals surface area contributed by atoms with E-state index in [2.05, 4.69) is 0 Å². The maximum absolute atomic E-state index is 14.3. The molecule has 0 aliphatic rings. The van der Waals surface area contributed by atoms with Gasteiger partial charge in [-0.25, -0.2) is 13.2 Å². The molecule has 1 heterocycles. The van der Waals surface area contributed by atoms with Crippen molar-refractivity contribution < 1.29 is 18.0 Å². The van der Waals surface area contributed by atoms with Crippen LogP contribution in [0.3, 0.4) is 0 Å². The van der Waals surface area contributed by atoms with E-state index in [9.17, 15) is 18.0 Å². The van der Waals surface area contributed by atoms with Crippen LogP contribution >= 0.6 is 0 Å². The molecule has 0 radical (unpaired) electrons. The lowest BCUT2D eigenvalue weighted by Crippen LogP contribution is -2.27. The van der Waals surface area contributed by atoms with Crippen LogP contribution < -0.4 is 4.90 Å². The van der Waals surface area contributed by atoms with E-state index < -0.39 is 23.4 Å². The first-order valence-corrected chi connectivity index (χ1v) is 7.13. The lowest BCUT2D eigenvalue weighted by Gasteiger charge is -2.18. The number of carbonyl (C=O) groups is 1. The maximum Gasteiger partial charge on any atom is 0.258 e. The van der Waals surface area contributed by atoms with Gasteiger partial charge in [0.1, 0.15) is 17.5 Å². The summed E-state index contributed by atoms with van der Waals surface area (Å²) in [6, 6.07) is 10.3. The Bertz CT molecular complexity index is 891. The first kappa shape index (κ1) is 15.9. The van der Waals surface area contributed by atoms with Gasteiger partial charge in [-0.05, 0) is 42.5 Å². The van der Waals surface area contributed by atoms with Crippen molar-refractivity contribution in [2.75, 3.05) is 11.9 Å². The largest absolute Gasteiger partial charge is 0.321 e. The molecule has 6 heteroatoms. The monoisotopic (exact) mass is 330 g/mol. The van der Waals surface area contributed by atoms with Crippen LogP contribution in [0.15, 0.2) is 60.9 Å². The zero-order valence-corrected chi connectivity index (χ0v) is 12.7. The van der Waals surface area contributed by atoms with Gasteiger partial charge in [0.2, 0.25) is 0 Å². The van der Waals surface area contributed by atoms with E-state index in [1.54, 1.807) is 29.1 Å². The fraction of sp³-hybridized carbons (Fsp3) is 0.0556. The quantitative estimate of drug-likeness (QED) is 0.707. The van der Waals surface area contributed by atoms with Gasteiger partial charge >= 0.3 is 0 Å². The zero-order valence-electron chi connectivity index (χ0n) is 12.7. The highest BCUT2D eigenvalue weighted by atomic mass is 19.1. The van der Waals surface area contributed by atoms with Crippen LogP contribution in [0.2, 0.25) is 0 Å². The van der Waals surface area contributed by atoms with Gasteiger partial charge in [-0.2, -0.15) is 0 Å². The molecule has 0 N–H and O–H groups in total. The molecule has 1 amide bonds. The third-order valence-electron chi connectivity index (χ3n) is 3.65. The van der Waals surface area contributed by atoms with Crippen molar-refractivity contribution in [3.8, 4) is 5.69 Å². The van der Waals surface area contributed by atoms with Crippen molar-refractivity contribution in [3.05, 3.63) is 83.9 Å². The topological polar surface area (TPSA) is 25.2 Å². The average molecular weight is 330 g/mol. The van der Waals surface area contributed by atoms with Gasteiger partial charge in [0.25, 0.3) is 5.91 Å². The van der Waals surface area contributed by atoms with E-state index in [-0.39, 0.29) is 16.9 Å². The molecule has 2 aromatic carbocycles. The number of hydrogen-bond acceptors (Lipinski definition) is 1. The molecule has 3 nitrogen and oxygen atoms in total. The van der Waals surface area contributed by atoms with Crippen molar-refractivity contribution >= 4 is 11.6 Å². The summed E-state index contributed by atoms with van der Waals surface area (Å²) in [5.74, 6) is -2.64. The Kier molecular flexibility index (Phi) is 4.12. The minimum atomic E-state index is -0.739. The third kappa shape index (κ3) is 2.90. The SMILES string of the molecule is CN(C(=O)c1ccc(-n2cccc2)c(F)c1)c1cc(F)ccc1F. The molecule has 0 bridgehead atoms. The van der Waals surface area contributed by atoms with Crippen LogP contribution in [-0.2, 0) is 0 Å². The predicted molar refractivity (Wildman–Crippen MR) is 84.8 cm³/mol. The molecule has 0 atom stereocenters. The van der Waals surface area contributed by atoms with Gasteiger partial charge in [0.05, 0.1) is 11.4 Å². The van der Waals surface area contributed by atoms with Crippen LogP contribution in [0.5, 0.6) is 0 Å². The van der Waals surface area contributed by atoms with Crippen LogP contribution in [0, 0.1) is 17.5 Å². The minimum absolute atomic E-state index is 0.0366. The predicted octanol–water partition coefficient (Wildman–Crippen LogP) is 4.17. The first-order valence-electron chi connectivity index (χ1n) is 7.13. The number of aromatic nitrogens is 1. The van der Waals surface area contributed by atoms with Gasteiger partial charge in [-0.1, -0.05) is 0 Å². The number of benzene rings is 2. The van der Waals surface area contributed by atoms with E-state index in [0.717, 1.165) is 29.2 Å². The van der Waals surface area contributed by atoms with E-state index in [1.165, 1.54) is 19.2 Å². The number of carbonyl (C=O) groups excluding carboxylic acids is 1. The molecule has 0 fully saturated rings. The average Bonchev–Trinajstić information content (AvgIpc) is 3.10. The van der Waals surface area contributed by atoms with Crippen LogP contribution in [0.1, 0.15) is 10.4 Å². The molecule has 0 spiro atoms. The van der Waals surface area contributed by atoms with Gasteiger partial charge in [0.15, 0.2) is 0 Å². The van der Waals surface area contributed by atoms with E-state index >= 15 is 0 Å². The Hall–Kier alpha value is -3.02. The standard InChI is InChI=1S/C18H13F3N2O/c1-22(17-11-13(19)5-6-14(17)20)18(24)12-4-7-16(15(21)10-12)23-8-2-3-9-23/h2-11H,1H3. The fourth-order valence-electron chi connectivity index (χ4n) is 2.39. The van der Waals surface area contributed by atoms with Crippen LogP contribution in [0.25, 0.3) is 5.69 Å². The summed E-state index contributed by atoms with van der Waals surface area (Å²) >= 11 is 0. The van der Waals surface area contributed by atoms with E-state index in [4.69, 9.17) is 0 Å². The van der Waals surface area contributed by atoms with Gasteiger partial charge in [0, 0.05) is 31.1 Å². The molecule has 3 aromatic rings. The summed E-state index contributed by atoms with van der Waals surface area (Å²) in [6.45, 7) is 0. The van der Waals surface area contributed by atoms with Gasteiger partial charge < -0.3 is 9.47 Å². The van der Waals surface area contributed by atoms with Crippen molar-refractivity contribution in [3.63, 3.8) is 0 Å². The maximum atomic E-state index is 14.3. The number of halogens is 3. The highest BCUT2D eigenvalue weighted by Gasteiger charge is 2.19. The number of amides is 1. The Labute approximate surface area is 136 Å². The van der Waals surface area contributed by atoms with Gasteiger partial charge in [-0.15, -0.1) is 0 Å². The van der Waals surface area contributed by atoms with Crippen molar-refractivity contribution in [1.29, 1.82) is 0 Å². The molecule has 24 heavy (non-hydrogen) atoms. The Morgan fingerprint density at radius 3 is 2.33 bits per heavy atom. The Balaban J connectivity index is 1.92. The summed E-state index contributed by atoms with van der Waals surface area (Å²) < 4.78 is 42.9. The molecule has 3 rings (SSSR count). The second kappa shape index (κ2) is 6.23. The summed E-state index contributed by atoms with van der Waals surface area (Å²) in [5.41, 5.74) is 0.112. The Morgan fingerprint density at radius 1 is 0.958 bits per heavy atom. The third-order valence-corrected chi connectivity index (χ3v) is 3.65. The second-order valence-corrected chi connectivity index (χ2v) is 5.22. The van der Waals surface area contributed by atoms with Crippen molar-refractivity contribution in [2.24, 2.45) is 0 Å². The fourth-order valence-corrected chi connectivity index (χ4v) is 2.39. The number of rotatable bonds is 3. The summed E-state index contributed by atoms with van der Waals surface area (Å²) in [6.07, 6.45) is 3.35. The smallest absolute Gasteiger partial charge is 0.258 e. The molecular weight excluding hydrogens is 317 g/mol. The molecule has 1 aromatic heterocycles. The molecule has 0 aliphatic heterocycles. The summed E-state index contributed by atoms with van der Waals surface area (Å²) in [7, 11) is 1.30. The lowest BCUT2D eigenvalue weighted by molar-refractivity contribution is 0.0991. The van der Waals surface area contributed by atoms with Crippen molar-refractivity contribution in [1.82, 2.24) is 4.57 Å². The molecule has 0 saturated heterocycles. The molecule has 0 unspecified atom stereocenters. The zero-order chi connectivity index (χ0) is 17.3. The van der Waals surface area contributed by atoms with Crippen molar-refractivity contribution in [2.45, 2.75) is 0 Å². The second-order valence-electron chi connectivity index (χ2n) is 5.22. The first-order chi connectivity index (χ1) is 11.5. The van der Waals surface area contributed by atoms with Crippen LogP contribution in [-0.4, -0.2) is 17.5 Å². The van der Waals surface area contributed by atoms with Gasteiger partial charge in [-0.3, -0.25) is 4.79 Å². The number of anilines is 1. The molecule has 0 aliphatic carbocycles. The summed E-state index contributed by atoms with van der Waals surface area (Å²) in [5, 5.41) is 0. The lowest BCUT2D eigenvalue weighted by atomic mass is 10.1. The van der Waals surface area contributed by atoms with E-state index in [1.807, 2.05) is 0 Å². The Morgan fingerprint density at radius 2 is 1.67 bits per heavy atom. The van der Waals surface area contributed by atoms with E-state index in [0.29, 0.717) is 0 Å². The highest BCUT2D eigenvalue weighted by molar-refractivity contribution is 6.05. The molecule has 122 valence electrons. The number of nitrogens with zero attached hydrogens (tertiary/aromatic N) is 2. The molecule has 0 saturated carbocycles.